The van der Waals surface area contributed by atoms with Crippen LogP contribution < -0.4 is 10.2 Å². The van der Waals surface area contributed by atoms with Crippen molar-refractivity contribution in [3.05, 3.63) is 51.0 Å². The van der Waals surface area contributed by atoms with Crippen LogP contribution in [0.15, 0.2) is 36.0 Å². The number of anilines is 2. The van der Waals surface area contributed by atoms with Crippen molar-refractivity contribution in [2.45, 2.75) is 6.42 Å². The Morgan fingerprint density at radius 1 is 1.25 bits per heavy atom. The first-order valence-corrected chi connectivity index (χ1v) is 10.1. The van der Waals surface area contributed by atoms with Crippen LogP contribution in [-0.4, -0.2) is 59.6 Å². The molecule has 1 N–H and O–H groups in total. The minimum absolute atomic E-state index is 0.105. The first kappa shape index (κ1) is 18.6. The summed E-state index contributed by atoms with van der Waals surface area (Å²) in [6.07, 6.45) is 2.39. The fourth-order valence-corrected chi connectivity index (χ4v) is 4.14. The number of thiophene rings is 1. The maximum absolute atomic E-state index is 11.8. The van der Waals surface area contributed by atoms with Gasteiger partial charge in [-0.15, -0.1) is 11.3 Å². The molecule has 0 amide bonds. The van der Waals surface area contributed by atoms with Crippen LogP contribution in [0.1, 0.15) is 4.88 Å². The lowest BCUT2D eigenvalue weighted by molar-refractivity contribution is -0.384. The van der Waals surface area contributed by atoms with Crippen LogP contribution in [0.2, 0.25) is 0 Å². The minimum Gasteiger partial charge on any atom is -0.369 e. The summed E-state index contributed by atoms with van der Waals surface area (Å²) in [7, 11) is 2.06. The number of likely N-dealkylation sites (N-methyl/N-ethyl adjacent to an activating group) is 1. The fourth-order valence-electron chi connectivity index (χ4n) is 3.43. The smallest absolute Gasteiger partial charge is 0.293 e. The van der Waals surface area contributed by atoms with Crippen molar-refractivity contribution < 1.29 is 4.92 Å². The summed E-state index contributed by atoms with van der Waals surface area (Å²) in [6.45, 7) is 4.00. The van der Waals surface area contributed by atoms with E-state index in [4.69, 9.17) is 0 Å². The molecule has 0 unspecified atom stereocenters. The molecular formula is C19H22N6O2S. The second-order valence-electron chi connectivity index (χ2n) is 6.88. The van der Waals surface area contributed by atoms with Gasteiger partial charge in [0.15, 0.2) is 0 Å². The van der Waals surface area contributed by atoms with E-state index < -0.39 is 0 Å². The van der Waals surface area contributed by atoms with Gasteiger partial charge in [-0.1, -0.05) is 6.07 Å². The van der Waals surface area contributed by atoms with Gasteiger partial charge in [-0.05, 0) is 31.0 Å². The summed E-state index contributed by atoms with van der Waals surface area (Å²) in [4.78, 5) is 25.7. The number of piperazine rings is 1. The molecular weight excluding hydrogens is 376 g/mol. The van der Waals surface area contributed by atoms with Crippen LogP contribution in [-0.2, 0) is 6.42 Å². The van der Waals surface area contributed by atoms with E-state index in [9.17, 15) is 10.1 Å². The number of hydrogen-bond donors (Lipinski definition) is 1. The largest absolute Gasteiger partial charge is 0.369 e. The van der Waals surface area contributed by atoms with Gasteiger partial charge >= 0.3 is 0 Å². The van der Waals surface area contributed by atoms with Gasteiger partial charge in [0.05, 0.1) is 10.4 Å². The van der Waals surface area contributed by atoms with Crippen molar-refractivity contribution in [1.82, 2.24) is 14.9 Å². The first-order valence-electron chi connectivity index (χ1n) is 9.25. The Morgan fingerprint density at radius 3 is 2.79 bits per heavy atom. The van der Waals surface area contributed by atoms with Gasteiger partial charge in [-0.25, -0.2) is 9.97 Å². The maximum atomic E-state index is 11.8. The molecule has 1 aromatic carbocycles. The molecule has 0 spiro atoms. The van der Waals surface area contributed by atoms with Crippen LogP contribution in [0.4, 0.5) is 17.2 Å². The molecule has 0 saturated carbocycles. The van der Waals surface area contributed by atoms with E-state index in [0.29, 0.717) is 29.0 Å². The predicted molar refractivity (Wildman–Crippen MR) is 112 cm³/mol. The Hall–Kier alpha value is -2.78. The number of fused-ring (bicyclic) bond motifs is 1. The first-order chi connectivity index (χ1) is 13.6. The molecule has 0 aliphatic carbocycles. The number of nitrogens with one attached hydrogen (secondary N) is 1. The number of nitro groups is 1. The highest BCUT2D eigenvalue weighted by Gasteiger charge is 2.24. The van der Waals surface area contributed by atoms with E-state index in [2.05, 4.69) is 43.6 Å². The Kier molecular flexibility index (Phi) is 5.36. The molecule has 0 radical (unpaired) electrons. The quantitative estimate of drug-likeness (QED) is 0.504. The third-order valence-corrected chi connectivity index (χ3v) is 5.95. The zero-order chi connectivity index (χ0) is 19.5. The molecule has 3 heterocycles. The fraction of sp³-hybridized carbons (Fsp3) is 0.368. The predicted octanol–water partition coefficient (Wildman–Crippen LogP) is 3.01. The number of benzene rings is 1. The third kappa shape index (κ3) is 3.90. The van der Waals surface area contributed by atoms with Crippen molar-refractivity contribution in [1.29, 1.82) is 0 Å². The highest BCUT2D eigenvalue weighted by Crippen LogP contribution is 2.35. The SMILES string of the molecule is CN1CCN(c2cc3ncnc(NCCc4cccs4)c3cc2[N+](=O)[O-])CC1. The molecule has 28 heavy (non-hydrogen) atoms. The number of nitrogens with zero attached hydrogens (tertiary/aromatic N) is 5. The van der Waals surface area contributed by atoms with Gasteiger partial charge < -0.3 is 15.1 Å². The van der Waals surface area contributed by atoms with Gasteiger partial charge in [-0.2, -0.15) is 0 Å². The van der Waals surface area contributed by atoms with Crippen LogP contribution in [0, 0.1) is 10.1 Å². The Labute approximate surface area is 167 Å². The van der Waals surface area contributed by atoms with Crippen LogP contribution in [0.25, 0.3) is 10.9 Å². The summed E-state index contributed by atoms with van der Waals surface area (Å²) in [5, 5.41) is 17.8. The van der Waals surface area contributed by atoms with Crippen molar-refractivity contribution in [3.63, 3.8) is 0 Å². The standard InChI is InChI=1S/C19H22N6O2S/c1-23-6-8-24(9-7-23)17-12-16-15(11-18(17)25(26)27)19(22-13-21-16)20-5-4-14-3-2-10-28-14/h2-3,10-13H,4-9H2,1H3,(H,20,21,22). The van der Waals surface area contributed by atoms with Gasteiger partial charge in [0, 0.05) is 49.1 Å². The summed E-state index contributed by atoms with van der Waals surface area (Å²) in [5.41, 5.74) is 1.45. The molecule has 0 bridgehead atoms. The molecule has 9 heteroatoms. The van der Waals surface area contributed by atoms with Crippen LogP contribution in [0.3, 0.4) is 0 Å². The summed E-state index contributed by atoms with van der Waals surface area (Å²) >= 11 is 1.71. The molecule has 4 rings (SSSR count). The molecule has 146 valence electrons. The topological polar surface area (TPSA) is 87.4 Å². The molecule has 3 aromatic rings. The molecule has 1 aliphatic heterocycles. The van der Waals surface area contributed by atoms with E-state index in [-0.39, 0.29) is 10.6 Å². The zero-order valence-corrected chi connectivity index (χ0v) is 16.5. The lowest BCUT2D eigenvalue weighted by Gasteiger charge is -2.33. The normalized spacial score (nSPS) is 15.1. The minimum atomic E-state index is -0.310. The zero-order valence-electron chi connectivity index (χ0n) is 15.7. The summed E-state index contributed by atoms with van der Waals surface area (Å²) < 4.78 is 0. The molecule has 8 nitrogen and oxygen atoms in total. The molecule has 0 atom stereocenters. The second kappa shape index (κ2) is 8.07. The Bertz CT molecular complexity index is 970. The lowest BCUT2D eigenvalue weighted by Crippen LogP contribution is -2.44. The van der Waals surface area contributed by atoms with Crippen molar-refractivity contribution in [2.75, 3.05) is 50.0 Å². The van der Waals surface area contributed by atoms with E-state index in [1.807, 2.05) is 12.1 Å². The van der Waals surface area contributed by atoms with E-state index in [1.54, 1.807) is 17.4 Å². The van der Waals surface area contributed by atoms with Crippen LogP contribution in [0.5, 0.6) is 0 Å². The van der Waals surface area contributed by atoms with Gasteiger partial charge in [0.1, 0.15) is 17.8 Å². The van der Waals surface area contributed by atoms with E-state index in [1.165, 1.54) is 11.2 Å². The highest BCUT2D eigenvalue weighted by molar-refractivity contribution is 7.09. The molecule has 1 aliphatic rings. The second-order valence-corrected chi connectivity index (χ2v) is 7.92. The summed E-state index contributed by atoms with van der Waals surface area (Å²) in [5.74, 6) is 0.634. The average molecular weight is 398 g/mol. The molecule has 1 saturated heterocycles. The molecule has 2 aromatic heterocycles. The van der Waals surface area contributed by atoms with Gasteiger partial charge in [0.25, 0.3) is 5.69 Å². The van der Waals surface area contributed by atoms with Crippen molar-refractivity contribution in [3.8, 4) is 0 Å². The highest BCUT2D eigenvalue weighted by atomic mass is 32.1. The van der Waals surface area contributed by atoms with Crippen molar-refractivity contribution in [2.24, 2.45) is 0 Å². The van der Waals surface area contributed by atoms with Gasteiger partial charge in [0.2, 0.25) is 0 Å². The van der Waals surface area contributed by atoms with Crippen LogP contribution >= 0.6 is 11.3 Å². The lowest BCUT2D eigenvalue weighted by atomic mass is 10.1. The Balaban J connectivity index is 1.63. The number of aromatic nitrogens is 2. The van der Waals surface area contributed by atoms with E-state index in [0.717, 1.165) is 32.6 Å². The third-order valence-electron chi connectivity index (χ3n) is 5.02. The summed E-state index contributed by atoms with van der Waals surface area (Å²) in [6, 6.07) is 7.56. The van der Waals surface area contributed by atoms with E-state index >= 15 is 0 Å². The number of rotatable bonds is 6. The maximum Gasteiger partial charge on any atom is 0.293 e. The average Bonchev–Trinajstić information content (AvgIpc) is 3.21. The van der Waals surface area contributed by atoms with Gasteiger partial charge in [-0.3, -0.25) is 10.1 Å². The number of hydrogen-bond acceptors (Lipinski definition) is 8. The van der Waals surface area contributed by atoms with Crippen molar-refractivity contribution >= 4 is 39.4 Å². The Morgan fingerprint density at radius 2 is 2.07 bits per heavy atom. The molecule has 1 fully saturated rings. The number of nitro benzene ring substituents is 1. The monoisotopic (exact) mass is 398 g/mol.